The predicted octanol–water partition coefficient (Wildman–Crippen LogP) is 0.550. The van der Waals surface area contributed by atoms with Gasteiger partial charge < -0.3 is 10.8 Å². The van der Waals surface area contributed by atoms with Gasteiger partial charge in [0.1, 0.15) is 0 Å². The van der Waals surface area contributed by atoms with E-state index in [4.69, 9.17) is 16.1 Å². The molecule has 0 fully saturated rings. The molecule has 0 amide bonds. The summed E-state index contributed by atoms with van der Waals surface area (Å²) in [7, 11) is 0. The van der Waals surface area contributed by atoms with Crippen LogP contribution in [0.25, 0.3) is 0 Å². The topological polar surface area (TPSA) is 70.0 Å². The highest BCUT2D eigenvalue weighted by atomic mass is 16.3. The minimum atomic E-state index is -0.458. The Bertz CT molecular complexity index is 304. The molecule has 1 aromatic carbocycles. The molecule has 0 spiro atoms. The van der Waals surface area contributed by atoms with Gasteiger partial charge in [-0.25, -0.2) is 0 Å². The number of aliphatic hydroxyl groups excluding tert-OH is 1. The smallest absolute Gasteiger partial charge is 0.0995 e. The molecular weight excluding hydrogens is 152 g/mol. The molecule has 12 heavy (non-hydrogen) atoms. The fourth-order valence-electron chi connectivity index (χ4n) is 1.02. The average molecular weight is 162 g/mol. The number of benzene rings is 1. The van der Waals surface area contributed by atoms with Gasteiger partial charge in [0, 0.05) is 0 Å². The predicted molar refractivity (Wildman–Crippen MR) is 45.2 cm³/mol. The third kappa shape index (κ3) is 1.62. The second-order valence-corrected chi connectivity index (χ2v) is 2.49. The summed E-state index contributed by atoms with van der Waals surface area (Å²) in [4.78, 5) is 0. The molecule has 3 nitrogen and oxygen atoms in total. The number of nitrogens with zero attached hydrogens (tertiary/aromatic N) is 1. The van der Waals surface area contributed by atoms with Crippen LogP contribution in [0, 0.1) is 11.3 Å². The maximum atomic E-state index is 8.77. The molecule has 0 heterocycles. The van der Waals surface area contributed by atoms with Gasteiger partial charge in [-0.1, -0.05) is 18.2 Å². The zero-order valence-electron chi connectivity index (χ0n) is 6.57. The number of nitrogens with two attached hydrogens (primary N) is 1. The summed E-state index contributed by atoms with van der Waals surface area (Å²) in [5, 5.41) is 17.4. The van der Waals surface area contributed by atoms with Gasteiger partial charge in [-0.15, -0.1) is 0 Å². The molecule has 0 bridgehead atoms. The van der Waals surface area contributed by atoms with E-state index in [2.05, 4.69) is 0 Å². The number of nitriles is 1. The van der Waals surface area contributed by atoms with E-state index in [-0.39, 0.29) is 6.61 Å². The maximum absolute atomic E-state index is 8.77. The number of aliphatic hydroxyl groups is 1. The Morgan fingerprint density at radius 2 is 2.17 bits per heavy atom. The lowest BCUT2D eigenvalue weighted by molar-refractivity contribution is 0.268. The van der Waals surface area contributed by atoms with Crippen LogP contribution in [0.5, 0.6) is 0 Å². The molecule has 3 heteroatoms. The first kappa shape index (κ1) is 8.72. The molecule has 0 aliphatic rings. The normalized spacial score (nSPS) is 12.1. The van der Waals surface area contributed by atoms with Crippen LogP contribution in [0.1, 0.15) is 17.2 Å². The van der Waals surface area contributed by atoms with Crippen LogP contribution in [0.4, 0.5) is 0 Å². The fraction of sp³-hybridized carbons (Fsp3) is 0.222. The van der Waals surface area contributed by atoms with E-state index in [0.717, 1.165) is 0 Å². The summed E-state index contributed by atoms with van der Waals surface area (Å²) < 4.78 is 0. The maximum Gasteiger partial charge on any atom is 0.0995 e. The van der Waals surface area contributed by atoms with Gasteiger partial charge in [-0.05, 0) is 11.6 Å². The Morgan fingerprint density at radius 3 is 2.75 bits per heavy atom. The van der Waals surface area contributed by atoms with Crippen molar-refractivity contribution in [3.05, 3.63) is 35.4 Å². The standard InChI is InChI=1S/C9H10N2O/c10-5-7-3-1-2-4-8(7)9(11)6-12/h1-4,9,12H,6,11H2/t9-/m0/s1. The van der Waals surface area contributed by atoms with Crippen molar-refractivity contribution in [1.29, 1.82) is 5.26 Å². The van der Waals surface area contributed by atoms with E-state index in [1.165, 1.54) is 0 Å². The van der Waals surface area contributed by atoms with E-state index < -0.39 is 6.04 Å². The molecule has 0 aliphatic heterocycles. The number of hydrogen-bond acceptors (Lipinski definition) is 3. The minimum Gasteiger partial charge on any atom is -0.394 e. The lowest BCUT2D eigenvalue weighted by Gasteiger charge is -2.09. The quantitative estimate of drug-likeness (QED) is 0.667. The van der Waals surface area contributed by atoms with Crippen molar-refractivity contribution in [3.8, 4) is 6.07 Å². The van der Waals surface area contributed by atoms with Gasteiger partial charge >= 0.3 is 0 Å². The molecule has 1 rings (SSSR count). The highest BCUT2D eigenvalue weighted by molar-refractivity contribution is 5.39. The van der Waals surface area contributed by atoms with Crippen LogP contribution >= 0.6 is 0 Å². The lowest BCUT2D eigenvalue weighted by Crippen LogP contribution is -2.15. The summed E-state index contributed by atoms with van der Waals surface area (Å²) in [6.07, 6.45) is 0. The van der Waals surface area contributed by atoms with Crippen molar-refractivity contribution < 1.29 is 5.11 Å². The first-order valence-electron chi connectivity index (χ1n) is 3.65. The summed E-state index contributed by atoms with van der Waals surface area (Å²) in [6.45, 7) is -0.140. The first-order chi connectivity index (χ1) is 5.79. The average Bonchev–Trinajstić information content (AvgIpc) is 2.16. The fourth-order valence-corrected chi connectivity index (χ4v) is 1.02. The van der Waals surface area contributed by atoms with Crippen LogP contribution in [0.15, 0.2) is 24.3 Å². The highest BCUT2D eigenvalue weighted by Crippen LogP contribution is 2.14. The van der Waals surface area contributed by atoms with E-state index in [1.54, 1.807) is 24.3 Å². The third-order valence-electron chi connectivity index (χ3n) is 1.68. The Kier molecular flexibility index (Phi) is 2.81. The van der Waals surface area contributed by atoms with E-state index >= 15 is 0 Å². The largest absolute Gasteiger partial charge is 0.394 e. The van der Waals surface area contributed by atoms with Crippen molar-refractivity contribution in [1.82, 2.24) is 0 Å². The summed E-state index contributed by atoms with van der Waals surface area (Å²) in [5.41, 5.74) is 6.79. The second kappa shape index (κ2) is 3.86. The molecule has 0 saturated carbocycles. The molecule has 3 N–H and O–H groups in total. The van der Waals surface area contributed by atoms with Crippen molar-refractivity contribution in [2.24, 2.45) is 5.73 Å². The molecular formula is C9H10N2O. The molecule has 1 atom stereocenters. The van der Waals surface area contributed by atoms with Crippen LogP contribution in [0.3, 0.4) is 0 Å². The van der Waals surface area contributed by atoms with Gasteiger partial charge in [0.2, 0.25) is 0 Å². The van der Waals surface area contributed by atoms with E-state index in [1.807, 2.05) is 6.07 Å². The molecule has 0 aliphatic carbocycles. The SMILES string of the molecule is N#Cc1ccccc1[C@@H](N)CO. The van der Waals surface area contributed by atoms with Crippen LogP contribution < -0.4 is 5.73 Å². The van der Waals surface area contributed by atoms with Gasteiger partial charge in [-0.3, -0.25) is 0 Å². The monoisotopic (exact) mass is 162 g/mol. The van der Waals surface area contributed by atoms with E-state index in [0.29, 0.717) is 11.1 Å². The number of rotatable bonds is 2. The van der Waals surface area contributed by atoms with Crippen molar-refractivity contribution >= 4 is 0 Å². The zero-order chi connectivity index (χ0) is 8.97. The Balaban J connectivity index is 3.07. The lowest BCUT2D eigenvalue weighted by atomic mass is 10.0. The van der Waals surface area contributed by atoms with Gasteiger partial charge in [0.05, 0.1) is 24.3 Å². The summed E-state index contributed by atoms with van der Waals surface area (Å²) in [5.74, 6) is 0. The zero-order valence-corrected chi connectivity index (χ0v) is 6.57. The molecule has 1 aromatic rings. The van der Waals surface area contributed by atoms with Crippen molar-refractivity contribution in [3.63, 3.8) is 0 Å². The Labute approximate surface area is 71.1 Å². The second-order valence-electron chi connectivity index (χ2n) is 2.49. The van der Waals surface area contributed by atoms with Crippen molar-refractivity contribution in [2.75, 3.05) is 6.61 Å². The van der Waals surface area contributed by atoms with Crippen molar-refractivity contribution in [2.45, 2.75) is 6.04 Å². The molecule has 0 saturated heterocycles. The molecule has 0 unspecified atom stereocenters. The Hall–Kier alpha value is -1.37. The molecule has 0 aromatic heterocycles. The first-order valence-corrected chi connectivity index (χ1v) is 3.65. The van der Waals surface area contributed by atoms with Crippen LogP contribution in [0.2, 0.25) is 0 Å². The van der Waals surface area contributed by atoms with Crippen LogP contribution in [-0.4, -0.2) is 11.7 Å². The van der Waals surface area contributed by atoms with Gasteiger partial charge in [-0.2, -0.15) is 5.26 Å². The van der Waals surface area contributed by atoms with Gasteiger partial charge in [0.15, 0.2) is 0 Å². The summed E-state index contributed by atoms with van der Waals surface area (Å²) in [6, 6.07) is 8.56. The third-order valence-corrected chi connectivity index (χ3v) is 1.68. The van der Waals surface area contributed by atoms with Crippen LogP contribution in [-0.2, 0) is 0 Å². The molecule has 0 radical (unpaired) electrons. The Morgan fingerprint density at radius 1 is 1.50 bits per heavy atom. The summed E-state index contributed by atoms with van der Waals surface area (Å²) >= 11 is 0. The number of hydrogen-bond donors (Lipinski definition) is 2. The van der Waals surface area contributed by atoms with E-state index in [9.17, 15) is 0 Å². The van der Waals surface area contributed by atoms with Gasteiger partial charge in [0.25, 0.3) is 0 Å². The highest BCUT2D eigenvalue weighted by Gasteiger charge is 2.07. The molecule has 62 valence electrons. The minimum absolute atomic E-state index is 0.140.